The maximum atomic E-state index is 14.3. The van der Waals surface area contributed by atoms with Gasteiger partial charge < -0.3 is 5.32 Å². The van der Waals surface area contributed by atoms with Crippen molar-refractivity contribution in [3.8, 4) is 11.1 Å². The van der Waals surface area contributed by atoms with Crippen molar-refractivity contribution in [1.29, 1.82) is 0 Å². The fraction of sp³-hybridized carbons (Fsp3) is 0.182. The zero-order chi connectivity index (χ0) is 19.3. The lowest BCUT2D eigenvalue weighted by atomic mass is 9.97. The Balaban J connectivity index is 1.85. The summed E-state index contributed by atoms with van der Waals surface area (Å²) in [6.45, 7) is 3.97. The number of alkyl halides is 3. The van der Waals surface area contributed by atoms with Gasteiger partial charge in [0.2, 0.25) is 0 Å². The molecule has 0 radical (unpaired) electrons. The minimum atomic E-state index is -4.53. The summed E-state index contributed by atoms with van der Waals surface area (Å²) in [5.41, 5.74) is 5.04. The summed E-state index contributed by atoms with van der Waals surface area (Å²) in [5, 5.41) is 3.02. The van der Waals surface area contributed by atoms with Gasteiger partial charge in [0.1, 0.15) is 5.82 Å². The number of fused-ring (bicyclic) bond motifs is 3. The van der Waals surface area contributed by atoms with E-state index in [0.717, 1.165) is 51.6 Å². The molecular weight excluding hydrogens is 354 g/mol. The maximum Gasteiger partial charge on any atom is 0.416 e. The van der Waals surface area contributed by atoms with Crippen LogP contribution in [-0.2, 0) is 6.18 Å². The van der Waals surface area contributed by atoms with Crippen LogP contribution < -0.4 is 5.32 Å². The van der Waals surface area contributed by atoms with Crippen LogP contribution in [0.1, 0.15) is 33.9 Å². The number of nitrogens with one attached hydrogen (secondary N) is 1. The predicted molar refractivity (Wildman–Crippen MR) is 98.2 cm³/mol. The highest BCUT2D eigenvalue weighted by Crippen LogP contribution is 2.47. The predicted octanol–water partition coefficient (Wildman–Crippen LogP) is 6.64. The standard InChI is InChI=1S/C22H17F4N/c1-12-9-13(2)20-17(10-12)15-5-3-4-6-16(15)21(20)27-19-11-14(22(24,25)26)7-8-18(19)23/h3-11,21,27H,1-2H3. The van der Waals surface area contributed by atoms with E-state index in [1.54, 1.807) is 0 Å². The van der Waals surface area contributed by atoms with Crippen LogP contribution in [-0.4, -0.2) is 0 Å². The molecular formula is C22H17F4N. The number of anilines is 1. The average Bonchev–Trinajstić information content (AvgIpc) is 2.90. The van der Waals surface area contributed by atoms with E-state index in [1.807, 2.05) is 44.2 Å². The number of rotatable bonds is 2. The molecule has 1 aliphatic carbocycles. The molecule has 0 saturated heterocycles. The molecule has 1 atom stereocenters. The van der Waals surface area contributed by atoms with Crippen LogP contribution in [0.25, 0.3) is 11.1 Å². The molecule has 0 aliphatic heterocycles. The van der Waals surface area contributed by atoms with Crippen LogP contribution in [0.5, 0.6) is 0 Å². The first-order valence-electron chi connectivity index (χ1n) is 8.59. The van der Waals surface area contributed by atoms with E-state index < -0.39 is 23.6 Å². The molecule has 0 bridgehead atoms. The molecule has 27 heavy (non-hydrogen) atoms. The summed E-state index contributed by atoms with van der Waals surface area (Å²) >= 11 is 0. The molecule has 4 rings (SSSR count). The summed E-state index contributed by atoms with van der Waals surface area (Å²) in [7, 11) is 0. The minimum Gasteiger partial charge on any atom is -0.372 e. The zero-order valence-electron chi connectivity index (χ0n) is 14.8. The Morgan fingerprint density at radius 2 is 1.63 bits per heavy atom. The van der Waals surface area contributed by atoms with Gasteiger partial charge in [0.15, 0.2) is 0 Å². The lowest BCUT2D eigenvalue weighted by molar-refractivity contribution is -0.137. The van der Waals surface area contributed by atoms with Crippen LogP contribution in [0.4, 0.5) is 23.2 Å². The first-order valence-corrected chi connectivity index (χ1v) is 8.59. The first kappa shape index (κ1) is 17.6. The number of halogens is 4. The third-order valence-corrected chi connectivity index (χ3v) is 4.98. The molecule has 5 heteroatoms. The zero-order valence-corrected chi connectivity index (χ0v) is 14.8. The third-order valence-electron chi connectivity index (χ3n) is 4.98. The first-order chi connectivity index (χ1) is 12.8. The Bertz CT molecular complexity index is 1040. The second-order valence-electron chi connectivity index (χ2n) is 6.90. The molecule has 1 N–H and O–H groups in total. The van der Waals surface area contributed by atoms with Crippen LogP contribution >= 0.6 is 0 Å². The third kappa shape index (κ3) is 2.97. The van der Waals surface area contributed by atoms with Gasteiger partial charge in [0, 0.05) is 0 Å². The summed E-state index contributed by atoms with van der Waals surface area (Å²) in [6.07, 6.45) is -4.53. The number of hydrogen-bond donors (Lipinski definition) is 1. The molecule has 3 aromatic carbocycles. The van der Waals surface area contributed by atoms with Crippen molar-refractivity contribution < 1.29 is 17.6 Å². The maximum absolute atomic E-state index is 14.3. The number of benzene rings is 3. The van der Waals surface area contributed by atoms with Gasteiger partial charge in [-0.2, -0.15) is 13.2 Å². The fourth-order valence-electron chi connectivity index (χ4n) is 3.85. The minimum absolute atomic E-state index is 0.155. The van der Waals surface area contributed by atoms with Crippen molar-refractivity contribution in [1.82, 2.24) is 0 Å². The van der Waals surface area contributed by atoms with Crippen molar-refractivity contribution in [3.05, 3.63) is 88.2 Å². The van der Waals surface area contributed by atoms with Gasteiger partial charge in [-0.05, 0) is 59.9 Å². The van der Waals surface area contributed by atoms with Crippen molar-refractivity contribution in [2.45, 2.75) is 26.1 Å². The van der Waals surface area contributed by atoms with Gasteiger partial charge in [0.25, 0.3) is 0 Å². The van der Waals surface area contributed by atoms with E-state index in [4.69, 9.17) is 0 Å². The van der Waals surface area contributed by atoms with Gasteiger partial charge in [-0.1, -0.05) is 42.0 Å². The SMILES string of the molecule is Cc1cc(C)c2c(c1)-c1ccccc1C2Nc1cc(C(F)(F)F)ccc1F. The fourth-order valence-corrected chi connectivity index (χ4v) is 3.85. The average molecular weight is 371 g/mol. The molecule has 0 amide bonds. The van der Waals surface area contributed by atoms with Crippen molar-refractivity contribution in [2.24, 2.45) is 0 Å². The molecule has 1 unspecified atom stereocenters. The van der Waals surface area contributed by atoms with Gasteiger partial charge in [0.05, 0.1) is 17.3 Å². The molecule has 0 aromatic heterocycles. The van der Waals surface area contributed by atoms with Crippen molar-refractivity contribution >= 4 is 5.69 Å². The Morgan fingerprint density at radius 3 is 2.37 bits per heavy atom. The molecule has 0 fully saturated rings. The molecule has 0 heterocycles. The largest absolute Gasteiger partial charge is 0.416 e. The summed E-state index contributed by atoms with van der Waals surface area (Å²) < 4.78 is 53.4. The quantitative estimate of drug-likeness (QED) is 0.498. The van der Waals surface area contributed by atoms with Crippen molar-refractivity contribution in [3.63, 3.8) is 0 Å². The Hall–Kier alpha value is -2.82. The number of hydrogen-bond acceptors (Lipinski definition) is 1. The van der Waals surface area contributed by atoms with Gasteiger partial charge >= 0.3 is 6.18 Å². The van der Waals surface area contributed by atoms with Gasteiger partial charge in [-0.15, -0.1) is 0 Å². The van der Waals surface area contributed by atoms with E-state index in [1.165, 1.54) is 0 Å². The molecule has 0 spiro atoms. The van der Waals surface area contributed by atoms with E-state index in [-0.39, 0.29) is 5.69 Å². The molecule has 0 saturated carbocycles. The van der Waals surface area contributed by atoms with E-state index in [2.05, 4.69) is 11.4 Å². The number of aryl methyl sites for hydroxylation is 2. The summed E-state index contributed by atoms with van der Waals surface area (Å²) in [5.74, 6) is -0.710. The van der Waals surface area contributed by atoms with Gasteiger partial charge in [-0.25, -0.2) is 4.39 Å². The highest BCUT2D eigenvalue weighted by atomic mass is 19.4. The lowest BCUT2D eigenvalue weighted by Gasteiger charge is -2.20. The highest BCUT2D eigenvalue weighted by Gasteiger charge is 2.33. The highest BCUT2D eigenvalue weighted by molar-refractivity contribution is 5.82. The topological polar surface area (TPSA) is 12.0 Å². The Morgan fingerprint density at radius 1 is 0.889 bits per heavy atom. The van der Waals surface area contributed by atoms with Gasteiger partial charge in [-0.3, -0.25) is 0 Å². The second kappa shape index (κ2) is 6.12. The van der Waals surface area contributed by atoms with Crippen LogP contribution in [0.15, 0.2) is 54.6 Å². The van der Waals surface area contributed by atoms with E-state index in [9.17, 15) is 17.6 Å². The van der Waals surface area contributed by atoms with Crippen LogP contribution in [0.2, 0.25) is 0 Å². The molecule has 138 valence electrons. The van der Waals surface area contributed by atoms with E-state index >= 15 is 0 Å². The summed E-state index contributed by atoms with van der Waals surface area (Å²) in [6, 6.07) is 13.8. The van der Waals surface area contributed by atoms with Crippen LogP contribution in [0, 0.1) is 19.7 Å². The molecule has 1 nitrogen and oxygen atoms in total. The monoisotopic (exact) mass is 371 g/mol. The normalized spacial score (nSPS) is 15.4. The summed E-state index contributed by atoms with van der Waals surface area (Å²) in [4.78, 5) is 0. The second-order valence-corrected chi connectivity index (χ2v) is 6.90. The smallest absolute Gasteiger partial charge is 0.372 e. The molecule has 1 aliphatic rings. The Labute approximate surface area is 154 Å². The Kier molecular flexibility index (Phi) is 3.98. The molecule has 3 aromatic rings. The lowest BCUT2D eigenvalue weighted by Crippen LogP contribution is -2.13. The van der Waals surface area contributed by atoms with Crippen LogP contribution in [0.3, 0.4) is 0 Å². The van der Waals surface area contributed by atoms with E-state index in [0.29, 0.717) is 0 Å². The van der Waals surface area contributed by atoms with Crippen molar-refractivity contribution in [2.75, 3.05) is 5.32 Å².